The molecule has 0 atom stereocenters. The van der Waals surface area contributed by atoms with Gasteiger partial charge in [0.25, 0.3) is 11.1 Å². The molecule has 38 heavy (non-hydrogen) atoms. The second kappa shape index (κ2) is 10.9. The lowest BCUT2D eigenvalue weighted by atomic mass is 10.1. The molecule has 0 saturated carbocycles. The molecular weight excluding hydrogens is 523 g/mol. The molecule has 0 bridgehead atoms. The van der Waals surface area contributed by atoms with E-state index in [0.29, 0.717) is 38.7 Å². The summed E-state index contributed by atoms with van der Waals surface area (Å²) in [6.07, 6.45) is 3.20. The van der Waals surface area contributed by atoms with Crippen molar-refractivity contribution in [3.63, 3.8) is 0 Å². The SMILES string of the molecule is CCn1nc(-c2cccc(Cl)c2)c2cccnc2c1=O.O=c1[nH]nc(-c2cccc(Cl)c2)c2cccnc12. The molecule has 4 aromatic heterocycles. The fourth-order valence-electron chi connectivity index (χ4n) is 4.03. The molecule has 0 aliphatic rings. The highest BCUT2D eigenvalue weighted by molar-refractivity contribution is 6.31. The first-order chi connectivity index (χ1) is 18.5. The Morgan fingerprint density at radius 2 is 1.34 bits per heavy atom. The van der Waals surface area contributed by atoms with Gasteiger partial charge < -0.3 is 0 Å². The zero-order valence-electron chi connectivity index (χ0n) is 20.1. The van der Waals surface area contributed by atoms with Crippen molar-refractivity contribution >= 4 is 45.0 Å². The maximum atomic E-state index is 12.2. The first-order valence-corrected chi connectivity index (χ1v) is 12.4. The molecule has 0 aliphatic carbocycles. The number of hydrogen-bond donors (Lipinski definition) is 1. The van der Waals surface area contributed by atoms with Crippen molar-refractivity contribution in [1.29, 1.82) is 0 Å². The molecule has 0 spiro atoms. The summed E-state index contributed by atoms with van der Waals surface area (Å²) in [5.41, 5.74) is 3.44. The average molecular weight is 543 g/mol. The zero-order chi connectivity index (χ0) is 26.6. The van der Waals surface area contributed by atoms with Gasteiger partial charge in [-0.3, -0.25) is 19.6 Å². The number of benzene rings is 2. The second-order valence-corrected chi connectivity index (χ2v) is 9.06. The third-order valence-corrected chi connectivity index (χ3v) is 6.23. The van der Waals surface area contributed by atoms with Crippen molar-refractivity contribution in [3.05, 3.63) is 116 Å². The Morgan fingerprint density at radius 1 is 0.763 bits per heavy atom. The van der Waals surface area contributed by atoms with Crippen molar-refractivity contribution in [1.82, 2.24) is 29.9 Å². The van der Waals surface area contributed by atoms with Crippen LogP contribution >= 0.6 is 23.2 Å². The molecule has 0 aliphatic heterocycles. The molecule has 1 N–H and O–H groups in total. The van der Waals surface area contributed by atoms with Crippen LogP contribution < -0.4 is 11.1 Å². The summed E-state index contributed by atoms with van der Waals surface area (Å²) in [4.78, 5) is 32.1. The Morgan fingerprint density at radius 3 is 1.95 bits per heavy atom. The molecular formula is C28H20Cl2N6O2. The highest BCUT2D eigenvalue weighted by atomic mass is 35.5. The van der Waals surface area contributed by atoms with Crippen LogP contribution in [0.15, 0.2) is 94.8 Å². The molecule has 0 unspecified atom stereocenters. The molecule has 4 heterocycles. The van der Waals surface area contributed by atoms with Crippen molar-refractivity contribution in [2.45, 2.75) is 13.5 Å². The van der Waals surface area contributed by atoms with E-state index in [2.05, 4.69) is 25.3 Å². The summed E-state index contributed by atoms with van der Waals surface area (Å²) in [6.45, 7) is 2.38. The van der Waals surface area contributed by atoms with Gasteiger partial charge >= 0.3 is 0 Å². The van der Waals surface area contributed by atoms with Crippen molar-refractivity contribution < 1.29 is 0 Å². The average Bonchev–Trinajstić information content (AvgIpc) is 2.94. The van der Waals surface area contributed by atoms with E-state index in [-0.39, 0.29) is 11.1 Å². The molecule has 0 amide bonds. The van der Waals surface area contributed by atoms with Gasteiger partial charge in [-0.1, -0.05) is 47.5 Å². The maximum absolute atomic E-state index is 12.2. The van der Waals surface area contributed by atoms with Crippen LogP contribution in [0.1, 0.15) is 6.92 Å². The molecule has 8 nitrogen and oxygen atoms in total. The van der Waals surface area contributed by atoms with Crippen LogP contribution in [0.4, 0.5) is 0 Å². The van der Waals surface area contributed by atoms with Crippen molar-refractivity contribution in [2.24, 2.45) is 0 Å². The minimum atomic E-state index is -0.295. The van der Waals surface area contributed by atoms with E-state index in [4.69, 9.17) is 23.2 Å². The molecule has 2 aromatic carbocycles. The Bertz CT molecular complexity index is 1900. The minimum absolute atomic E-state index is 0.172. The zero-order valence-corrected chi connectivity index (χ0v) is 21.6. The Hall–Kier alpha value is -4.40. The number of nitrogens with one attached hydrogen (secondary N) is 1. The van der Waals surface area contributed by atoms with Gasteiger partial charge in [-0.25, -0.2) is 9.78 Å². The monoisotopic (exact) mass is 542 g/mol. The fourth-order valence-corrected chi connectivity index (χ4v) is 4.41. The lowest BCUT2D eigenvalue weighted by Crippen LogP contribution is -2.23. The van der Waals surface area contributed by atoms with E-state index in [9.17, 15) is 9.59 Å². The molecule has 0 radical (unpaired) electrons. The number of pyridine rings is 2. The number of rotatable bonds is 3. The van der Waals surface area contributed by atoms with Gasteiger partial charge in [0, 0.05) is 50.9 Å². The molecule has 0 saturated heterocycles. The predicted octanol–water partition coefficient (Wildman–Crippen LogP) is 5.77. The van der Waals surface area contributed by atoms with Crippen LogP contribution in [0.3, 0.4) is 0 Å². The van der Waals surface area contributed by atoms with Crippen molar-refractivity contribution in [2.75, 3.05) is 0 Å². The number of aryl methyl sites for hydroxylation is 1. The molecule has 188 valence electrons. The Labute approximate surface area is 226 Å². The van der Waals surface area contributed by atoms with E-state index in [1.165, 1.54) is 4.68 Å². The van der Waals surface area contributed by atoms with Gasteiger partial charge in [0.1, 0.15) is 22.4 Å². The summed E-state index contributed by atoms with van der Waals surface area (Å²) < 4.78 is 1.42. The van der Waals surface area contributed by atoms with Crippen LogP contribution in [0.2, 0.25) is 10.0 Å². The Balaban J connectivity index is 0.000000156. The molecule has 10 heteroatoms. The largest absolute Gasteiger partial charge is 0.293 e. The van der Waals surface area contributed by atoms with E-state index >= 15 is 0 Å². The van der Waals surface area contributed by atoms with E-state index in [1.54, 1.807) is 42.7 Å². The smallest absolute Gasteiger partial charge is 0.266 e. The van der Waals surface area contributed by atoms with Gasteiger partial charge in [-0.05, 0) is 55.5 Å². The molecule has 6 rings (SSSR count). The van der Waals surface area contributed by atoms with Crippen LogP contribution in [0, 0.1) is 0 Å². The van der Waals surface area contributed by atoms with Crippen LogP contribution in [0.25, 0.3) is 44.3 Å². The van der Waals surface area contributed by atoms with Crippen LogP contribution in [0.5, 0.6) is 0 Å². The van der Waals surface area contributed by atoms with Crippen molar-refractivity contribution in [3.8, 4) is 22.5 Å². The third-order valence-electron chi connectivity index (χ3n) is 5.76. The summed E-state index contributed by atoms with van der Waals surface area (Å²) in [7, 11) is 0. The lowest BCUT2D eigenvalue weighted by molar-refractivity contribution is 0.625. The first kappa shape index (κ1) is 25.3. The standard InChI is InChI=1S/C15H12ClN3O.C13H8ClN3O/c1-2-19-15(20)14-12(7-4-8-17-14)13(18-19)10-5-3-6-11(16)9-10;14-9-4-1-3-8(7-9)11-10-5-2-6-15-12(10)13(18)17-16-11/h3-9H,2H2,1H3;1-7H,(H,17,18). The highest BCUT2D eigenvalue weighted by Crippen LogP contribution is 2.26. The number of fused-ring (bicyclic) bond motifs is 2. The quantitative estimate of drug-likeness (QED) is 0.304. The number of hydrogen-bond acceptors (Lipinski definition) is 6. The number of aromatic nitrogens is 6. The van der Waals surface area contributed by atoms with E-state index < -0.39 is 0 Å². The lowest BCUT2D eigenvalue weighted by Gasteiger charge is -2.09. The summed E-state index contributed by atoms with van der Waals surface area (Å²) in [5.74, 6) is 0. The van der Waals surface area contributed by atoms with E-state index in [1.807, 2.05) is 49.4 Å². The highest BCUT2D eigenvalue weighted by Gasteiger charge is 2.12. The number of H-pyrrole nitrogens is 1. The predicted molar refractivity (Wildman–Crippen MR) is 151 cm³/mol. The number of aromatic amines is 1. The maximum Gasteiger partial charge on any atom is 0.293 e. The van der Waals surface area contributed by atoms with Gasteiger partial charge in [0.2, 0.25) is 0 Å². The third kappa shape index (κ3) is 5.04. The summed E-state index contributed by atoms with van der Waals surface area (Å²) in [5, 5.41) is 13.7. The van der Waals surface area contributed by atoms with Crippen LogP contribution in [-0.2, 0) is 6.54 Å². The van der Waals surface area contributed by atoms with Crippen LogP contribution in [-0.4, -0.2) is 29.9 Å². The second-order valence-electron chi connectivity index (χ2n) is 8.19. The number of halogens is 2. The van der Waals surface area contributed by atoms with Gasteiger partial charge in [0.15, 0.2) is 0 Å². The summed E-state index contributed by atoms with van der Waals surface area (Å²) >= 11 is 12.0. The molecule has 0 fully saturated rings. The van der Waals surface area contributed by atoms with Gasteiger partial charge in [0.05, 0.1) is 0 Å². The first-order valence-electron chi connectivity index (χ1n) is 11.7. The number of nitrogens with zero attached hydrogens (tertiary/aromatic N) is 5. The minimum Gasteiger partial charge on any atom is -0.266 e. The Kier molecular flexibility index (Phi) is 7.26. The van der Waals surface area contributed by atoms with Gasteiger partial charge in [-0.15, -0.1) is 0 Å². The molecule has 6 aromatic rings. The van der Waals surface area contributed by atoms with E-state index in [0.717, 1.165) is 22.2 Å². The van der Waals surface area contributed by atoms with Gasteiger partial charge in [-0.2, -0.15) is 10.2 Å². The fraction of sp³-hybridized carbons (Fsp3) is 0.0714. The topological polar surface area (TPSA) is 106 Å². The normalized spacial score (nSPS) is 10.8. The summed E-state index contributed by atoms with van der Waals surface area (Å²) in [6, 6.07) is 22.0.